The summed E-state index contributed by atoms with van der Waals surface area (Å²) in [7, 11) is 1.48. The van der Waals surface area contributed by atoms with E-state index in [4.69, 9.17) is 4.74 Å². The molecular formula is C13H14BrNO5. The van der Waals surface area contributed by atoms with Crippen molar-refractivity contribution in [1.29, 1.82) is 0 Å². The van der Waals surface area contributed by atoms with Gasteiger partial charge in [-0.15, -0.1) is 0 Å². The zero-order chi connectivity index (χ0) is 14.9. The third-order valence-electron chi connectivity index (χ3n) is 3.33. The maximum absolute atomic E-state index is 12.4. The molecule has 1 fully saturated rings. The highest BCUT2D eigenvalue weighted by Crippen LogP contribution is 2.28. The Kier molecular flexibility index (Phi) is 4.29. The van der Waals surface area contributed by atoms with E-state index in [2.05, 4.69) is 15.9 Å². The van der Waals surface area contributed by atoms with Gasteiger partial charge in [0, 0.05) is 24.5 Å². The van der Waals surface area contributed by atoms with Gasteiger partial charge in [-0.3, -0.25) is 4.79 Å². The molecule has 1 aromatic carbocycles. The summed E-state index contributed by atoms with van der Waals surface area (Å²) in [5.74, 6) is -1.77. The van der Waals surface area contributed by atoms with Crippen LogP contribution in [0.5, 0.6) is 5.75 Å². The van der Waals surface area contributed by atoms with Gasteiger partial charge < -0.3 is 19.8 Å². The predicted octanol–water partition coefficient (Wildman–Crippen LogP) is 1.47. The first-order chi connectivity index (χ1) is 9.43. The van der Waals surface area contributed by atoms with E-state index in [0.717, 1.165) is 0 Å². The average Bonchev–Trinajstić information content (AvgIpc) is 2.85. The molecule has 7 heteroatoms. The lowest BCUT2D eigenvalue weighted by Crippen LogP contribution is -2.40. The van der Waals surface area contributed by atoms with Gasteiger partial charge in [0.2, 0.25) is 0 Å². The van der Waals surface area contributed by atoms with Crippen LogP contribution in [0, 0.1) is 0 Å². The number of likely N-dealkylation sites (tertiary alicyclic amines) is 1. The first-order valence-electron chi connectivity index (χ1n) is 5.99. The molecule has 0 aromatic heterocycles. The summed E-state index contributed by atoms with van der Waals surface area (Å²) < 4.78 is 5.77. The SMILES string of the molecule is COC1CC(C(=O)O)N(C(=O)c2cc(Br)ccc2O)C1. The van der Waals surface area contributed by atoms with Crippen LogP contribution in [0.1, 0.15) is 16.8 Å². The van der Waals surface area contributed by atoms with Gasteiger partial charge in [0.25, 0.3) is 5.91 Å². The monoisotopic (exact) mass is 343 g/mol. The Labute approximate surface area is 124 Å². The van der Waals surface area contributed by atoms with Crippen molar-refractivity contribution >= 4 is 27.8 Å². The number of rotatable bonds is 3. The highest BCUT2D eigenvalue weighted by atomic mass is 79.9. The van der Waals surface area contributed by atoms with Gasteiger partial charge in [-0.05, 0) is 18.2 Å². The van der Waals surface area contributed by atoms with Crippen molar-refractivity contribution in [3.8, 4) is 5.75 Å². The molecule has 2 unspecified atom stereocenters. The van der Waals surface area contributed by atoms with E-state index < -0.39 is 17.9 Å². The number of carbonyl (C=O) groups excluding carboxylic acids is 1. The number of aliphatic carboxylic acids is 1. The smallest absolute Gasteiger partial charge is 0.326 e. The van der Waals surface area contributed by atoms with Crippen LogP contribution < -0.4 is 0 Å². The second-order valence-electron chi connectivity index (χ2n) is 4.57. The first-order valence-corrected chi connectivity index (χ1v) is 6.78. The Balaban J connectivity index is 2.31. The molecule has 2 rings (SSSR count). The Morgan fingerprint density at radius 2 is 2.15 bits per heavy atom. The highest BCUT2D eigenvalue weighted by molar-refractivity contribution is 9.10. The standard InChI is InChI=1S/C13H14BrNO5/c1-20-8-5-10(13(18)19)15(6-8)12(17)9-4-7(14)2-3-11(9)16/h2-4,8,10,16H,5-6H2,1H3,(H,18,19). The molecule has 2 N–H and O–H groups in total. The lowest BCUT2D eigenvalue weighted by atomic mass is 10.1. The molecule has 0 bridgehead atoms. The number of halogens is 1. The van der Waals surface area contributed by atoms with E-state index in [9.17, 15) is 19.8 Å². The number of amides is 1. The van der Waals surface area contributed by atoms with Gasteiger partial charge in [-0.1, -0.05) is 15.9 Å². The van der Waals surface area contributed by atoms with Crippen LogP contribution in [0.3, 0.4) is 0 Å². The van der Waals surface area contributed by atoms with Crippen LogP contribution in [0.15, 0.2) is 22.7 Å². The quantitative estimate of drug-likeness (QED) is 0.867. The summed E-state index contributed by atoms with van der Waals surface area (Å²) in [6.45, 7) is 0.193. The van der Waals surface area contributed by atoms with Crippen molar-refractivity contribution in [2.45, 2.75) is 18.6 Å². The number of phenolic OH excluding ortho intramolecular Hbond substituents is 1. The summed E-state index contributed by atoms with van der Waals surface area (Å²) in [5.41, 5.74) is 0.0716. The minimum Gasteiger partial charge on any atom is -0.507 e. The minimum absolute atomic E-state index is 0.0716. The summed E-state index contributed by atoms with van der Waals surface area (Å²) in [6, 6.07) is 3.52. The topological polar surface area (TPSA) is 87.1 Å². The predicted molar refractivity (Wildman–Crippen MR) is 73.7 cm³/mol. The summed E-state index contributed by atoms with van der Waals surface area (Å²) >= 11 is 3.22. The van der Waals surface area contributed by atoms with Gasteiger partial charge in [0.15, 0.2) is 0 Å². The van der Waals surface area contributed by atoms with Crippen molar-refractivity contribution in [3.05, 3.63) is 28.2 Å². The molecule has 1 aliphatic rings. The van der Waals surface area contributed by atoms with Crippen LogP contribution >= 0.6 is 15.9 Å². The van der Waals surface area contributed by atoms with Crippen LogP contribution in [0.4, 0.5) is 0 Å². The largest absolute Gasteiger partial charge is 0.507 e. The van der Waals surface area contributed by atoms with Gasteiger partial charge >= 0.3 is 5.97 Å². The number of hydrogen-bond donors (Lipinski definition) is 2. The number of benzene rings is 1. The van der Waals surface area contributed by atoms with Crippen LogP contribution in [0.2, 0.25) is 0 Å². The van der Waals surface area contributed by atoms with Gasteiger partial charge in [-0.2, -0.15) is 0 Å². The van der Waals surface area contributed by atoms with E-state index in [-0.39, 0.29) is 30.4 Å². The fourth-order valence-electron chi connectivity index (χ4n) is 2.26. The summed E-state index contributed by atoms with van der Waals surface area (Å²) in [4.78, 5) is 24.9. The molecule has 108 valence electrons. The number of aromatic hydroxyl groups is 1. The van der Waals surface area contributed by atoms with E-state index in [1.807, 2.05) is 0 Å². The fourth-order valence-corrected chi connectivity index (χ4v) is 2.62. The fraction of sp³-hybridized carbons (Fsp3) is 0.385. The van der Waals surface area contributed by atoms with Crippen LogP contribution in [-0.4, -0.2) is 52.8 Å². The molecular weight excluding hydrogens is 330 g/mol. The second-order valence-corrected chi connectivity index (χ2v) is 5.48. The van der Waals surface area contributed by atoms with Gasteiger partial charge in [0.1, 0.15) is 11.8 Å². The van der Waals surface area contributed by atoms with Crippen LogP contribution in [0.25, 0.3) is 0 Å². The Morgan fingerprint density at radius 3 is 2.75 bits per heavy atom. The van der Waals surface area contributed by atoms with Gasteiger partial charge in [-0.25, -0.2) is 4.79 Å². The molecule has 20 heavy (non-hydrogen) atoms. The van der Waals surface area contributed by atoms with E-state index in [0.29, 0.717) is 4.47 Å². The lowest BCUT2D eigenvalue weighted by Gasteiger charge is -2.21. The van der Waals surface area contributed by atoms with Crippen molar-refractivity contribution in [2.24, 2.45) is 0 Å². The van der Waals surface area contributed by atoms with Gasteiger partial charge in [0.05, 0.1) is 11.7 Å². The number of ether oxygens (including phenoxy) is 1. The number of carboxylic acids is 1. The zero-order valence-corrected chi connectivity index (χ0v) is 12.3. The molecule has 2 atom stereocenters. The molecule has 1 aromatic rings. The second kappa shape index (κ2) is 5.80. The lowest BCUT2D eigenvalue weighted by molar-refractivity contribution is -0.141. The normalized spacial score (nSPS) is 22.0. The number of hydrogen-bond acceptors (Lipinski definition) is 4. The number of nitrogens with zero attached hydrogens (tertiary/aromatic N) is 1. The zero-order valence-electron chi connectivity index (χ0n) is 10.7. The maximum atomic E-state index is 12.4. The van der Waals surface area contributed by atoms with Crippen molar-refractivity contribution in [2.75, 3.05) is 13.7 Å². The average molecular weight is 344 g/mol. The van der Waals surface area contributed by atoms with E-state index in [1.54, 1.807) is 6.07 Å². The Morgan fingerprint density at radius 1 is 1.45 bits per heavy atom. The number of carboxylic acid groups (broad SMARTS) is 1. The van der Waals surface area contributed by atoms with Crippen LogP contribution in [-0.2, 0) is 9.53 Å². The van der Waals surface area contributed by atoms with E-state index >= 15 is 0 Å². The summed E-state index contributed by atoms with van der Waals surface area (Å²) in [5, 5.41) is 19.0. The van der Waals surface area contributed by atoms with Crippen molar-refractivity contribution in [1.82, 2.24) is 4.90 Å². The molecule has 1 heterocycles. The molecule has 1 saturated heterocycles. The maximum Gasteiger partial charge on any atom is 0.326 e. The summed E-state index contributed by atoms with van der Waals surface area (Å²) in [6.07, 6.45) is -0.0684. The molecule has 0 radical (unpaired) electrons. The molecule has 6 nitrogen and oxygen atoms in total. The first kappa shape index (κ1) is 14.8. The molecule has 0 spiro atoms. The van der Waals surface area contributed by atoms with E-state index in [1.165, 1.54) is 24.1 Å². The molecule has 0 saturated carbocycles. The Hall–Kier alpha value is -1.60. The number of carbonyl (C=O) groups is 2. The Bertz CT molecular complexity index is 548. The number of methoxy groups -OCH3 is 1. The van der Waals surface area contributed by atoms with Crippen molar-refractivity contribution < 1.29 is 24.5 Å². The molecule has 1 amide bonds. The minimum atomic E-state index is -1.08. The third-order valence-corrected chi connectivity index (χ3v) is 3.82. The molecule has 0 aliphatic carbocycles. The molecule has 1 aliphatic heterocycles. The van der Waals surface area contributed by atoms with Crippen molar-refractivity contribution in [3.63, 3.8) is 0 Å². The third kappa shape index (κ3) is 2.78. The highest BCUT2D eigenvalue weighted by Gasteiger charge is 2.40. The number of phenols is 1.